The summed E-state index contributed by atoms with van der Waals surface area (Å²) in [5, 5.41) is 8.47. The number of benzene rings is 5. The van der Waals surface area contributed by atoms with E-state index in [9.17, 15) is 0 Å². The molecule has 4 heterocycles. The van der Waals surface area contributed by atoms with E-state index in [-0.39, 0.29) is 0 Å². The van der Waals surface area contributed by atoms with Gasteiger partial charge in [-0.3, -0.25) is 9.55 Å². The quantitative estimate of drug-likeness (QED) is 0.218. The van der Waals surface area contributed by atoms with E-state index in [1.165, 1.54) is 32.3 Å². The molecule has 9 rings (SSSR count). The van der Waals surface area contributed by atoms with Crippen molar-refractivity contribution < 1.29 is 0 Å². The van der Waals surface area contributed by atoms with E-state index in [2.05, 4.69) is 124 Å². The van der Waals surface area contributed by atoms with Gasteiger partial charge in [-0.1, -0.05) is 78.9 Å². The van der Waals surface area contributed by atoms with Crippen molar-refractivity contribution in [2.24, 2.45) is 0 Å². The average Bonchev–Trinajstić information content (AvgIpc) is 3.55. The molecule has 4 heteroatoms. The topological polar surface area (TPSA) is 35.6 Å². The molecule has 4 aromatic heterocycles. The monoisotopic (exact) mass is 510 g/mol. The smallest absolute Gasteiger partial charge is 0.137 e. The molecule has 0 fully saturated rings. The van der Waals surface area contributed by atoms with Gasteiger partial charge in [0.25, 0.3) is 0 Å². The van der Waals surface area contributed by atoms with Crippen molar-refractivity contribution in [2.45, 2.75) is 0 Å². The first-order valence-corrected chi connectivity index (χ1v) is 13.5. The van der Waals surface area contributed by atoms with Crippen LogP contribution in [0, 0.1) is 0 Å². The van der Waals surface area contributed by atoms with Crippen molar-refractivity contribution in [3.8, 4) is 11.5 Å². The van der Waals surface area contributed by atoms with Crippen LogP contribution in [0.2, 0.25) is 0 Å². The first-order chi connectivity index (χ1) is 19.9. The van der Waals surface area contributed by atoms with Gasteiger partial charge in [0.05, 0.1) is 39.5 Å². The molecule has 0 N–H and O–H groups in total. The number of nitrogens with zero attached hydrogens (tertiary/aromatic N) is 4. The molecule has 9 aromatic rings. The van der Waals surface area contributed by atoms with Crippen LogP contribution in [0.1, 0.15) is 0 Å². The second kappa shape index (κ2) is 8.01. The van der Waals surface area contributed by atoms with Gasteiger partial charge in [0.1, 0.15) is 5.82 Å². The molecular weight excluding hydrogens is 488 g/mol. The normalized spacial score (nSPS) is 12.0. The SMILES string of the molecule is c1ccc2c(c1)c1ncccc1c1c2c2ccccc2n1-c1ccc(-n2c3ccccc3c3ccccc32)nc1. The van der Waals surface area contributed by atoms with Crippen LogP contribution in [0.3, 0.4) is 0 Å². The van der Waals surface area contributed by atoms with Gasteiger partial charge in [-0.15, -0.1) is 0 Å². The minimum Gasteiger partial charge on any atom is -0.307 e. The fourth-order valence-electron chi connectivity index (χ4n) is 6.57. The van der Waals surface area contributed by atoms with Gasteiger partial charge >= 0.3 is 0 Å². The Morgan fingerprint density at radius 3 is 1.68 bits per heavy atom. The molecule has 0 bridgehead atoms. The first kappa shape index (κ1) is 21.5. The largest absolute Gasteiger partial charge is 0.307 e. The third-order valence-corrected chi connectivity index (χ3v) is 8.19. The molecule has 0 amide bonds. The first-order valence-electron chi connectivity index (χ1n) is 13.5. The standard InChI is InChI=1S/C36H22N4/c1-2-13-27-26(12-1)34-28-14-5-8-18-32(28)39(36(34)29-15-9-21-37-35(27)29)23-19-20-33(38-22-23)40-30-16-6-3-10-24(30)25-11-4-7-17-31(25)40/h1-22H. The second-order valence-corrected chi connectivity index (χ2v) is 10.3. The number of rotatable bonds is 2. The van der Waals surface area contributed by atoms with E-state index in [0.29, 0.717) is 0 Å². The number of aromatic nitrogens is 4. The lowest BCUT2D eigenvalue weighted by Gasteiger charge is -2.12. The van der Waals surface area contributed by atoms with Gasteiger partial charge in [-0.2, -0.15) is 0 Å². The summed E-state index contributed by atoms with van der Waals surface area (Å²) < 4.78 is 4.61. The zero-order valence-electron chi connectivity index (χ0n) is 21.5. The number of hydrogen-bond donors (Lipinski definition) is 0. The van der Waals surface area contributed by atoms with Crippen LogP contribution < -0.4 is 0 Å². The highest BCUT2D eigenvalue weighted by Crippen LogP contribution is 2.41. The van der Waals surface area contributed by atoms with Gasteiger partial charge < -0.3 is 4.57 Å². The van der Waals surface area contributed by atoms with Crippen molar-refractivity contribution in [1.82, 2.24) is 19.1 Å². The summed E-state index contributed by atoms with van der Waals surface area (Å²) >= 11 is 0. The van der Waals surface area contributed by atoms with Gasteiger partial charge in [-0.05, 0) is 47.9 Å². The van der Waals surface area contributed by atoms with Gasteiger partial charge in [-0.25, -0.2) is 4.98 Å². The van der Waals surface area contributed by atoms with Gasteiger partial charge in [0, 0.05) is 38.5 Å². The molecule has 0 aliphatic rings. The van der Waals surface area contributed by atoms with Crippen molar-refractivity contribution in [3.63, 3.8) is 0 Å². The van der Waals surface area contributed by atoms with Crippen LogP contribution in [-0.4, -0.2) is 19.1 Å². The molecule has 0 radical (unpaired) electrons. The van der Waals surface area contributed by atoms with Crippen LogP contribution in [0.25, 0.3) is 76.8 Å². The number of hydrogen-bond acceptors (Lipinski definition) is 2. The third kappa shape index (κ3) is 2.79. The maximum absolute atomic E-state index is 5.06. The predicted molar refractivity (Wildman–Crippen MR) is 166 cm³/mol. The Kier molecular flexibility index (Phi) is 4.30. The summed E-state index contributed by atoms with van der Waals surface area (Å²) in [7, 11) is 0. The predicted octanol–water partition coefficient (Wildman–Crippen LogP) is 8.98. The lowest BCUT2D eigenvalue weighted by Crippen LogP contribution is -2.00. The molecule has 40 heavy (non-hydrogen) atoms. The van der Waals surface area contributed by atoms with Crippen molar-refractivity contribution in [2.75, 3.05) is 0 Å². The van der Waals surface area contributed by atoms with Gasteiger partial charge in [0.15, 0.2) is 0 Å². The van der Waals surface area contributed by atoms with Crippen molar-refractivity contribution in [3.05, 3.63) is 134 Å². The summed E-state index contributed by atoms with van der Waals surface area (Å²) in [5.41, 5.74) is 6.68. The van der Waals surface area contributed by atoms with Crippen molar-refractivity contribution in [1.29, 1.82) is 0 Å². The molecule has 0 unspecified atom stereocenters. The lowest BCUT2D eigenvalue weighted by molar-refractivity contribution is 1.05. The van der Waals surface area contributed by atoms with Gasteiger partial charge in [0.2, 0.25) is 0 Å². The molecule has 5 aromatic carbocycles. The van der Waals surface area contributed by atoms with E-state index in [4.69, 9.17) is 9.97 Å². The molecule has 0 saturated carbocycles. The Balaban J connectivity index is 1.36. The van der Waals surface area contributed by atoms with Crippen LogP contribution >= 0.6 is 0 Å². The van der Waals surface area contributed by atoms with E-state index in [1.54, 1.807) is 0 Å². The average molecular weight is 511 g/mol. The Labute approximate surface area is 229 Å². The maximum Gasteiger partial charge on any atom is 0.137 e. The summed E-state index contributed by atoms with van der Waals surface area (Å²) in [5.74, 6) is 0.902. The van der Waals surface area contributed by atoms with E-state index >= 15 is 0 Å². The number of para-hydroxylation sites is 3. The number of fused-ring (bicyclic) bond motifs is 11. The molecule has 4 nitrogen and oxygen atoms in total. The van der Waals surface area contributed by atoms with E-state index < -0.39 is 0 Å². The highest BCUT2D eigenvalue weighted by Gasteiger charge is 2.19. The van der Waals surface area contributed by atoms with Crippen molar-refractivity contribution >= 4 is 65.3 Å². The Bertz CT molecular complexity index is 2370. The molecule has 186 valence electrons. The number of pyridine rings is 2. The maximum atomic E-state index is 5.06. The zero-order valence-corrected chi connectivity index (χ0v) is 21.5. The highest BCUT2D eigenvalue weighted by atomic mass is 15.1. The Morgan fingerprint density at radius 1 is 0.425 bits per heavy atom. The molecule has 0 aliphatic carbocycles. The van der Waals surface area contributed by atoms with E-state index in [1.807, 2.05) is 18.5 Å². The zero-order chi connectivity index (χ0) is 26.2. The lowest BCUT2D eigenvalue weighted by atomic mass is 10.00. The second-order valence-electron chi connectivity index (χ2n) is 10.3. The Morgan fingerprint density at radius 2 is 1.00 bits per heavy atom. The molecule has 0 saturated heterocycles. The summed E-state index contributed by atoms with van der Waals surface area (Å²) in [6, 6.07) is 42.9. The van der Waals surface area contributed by atoms with Crippen LogP contribution in [0.5, 0.6) is 0 Å². The van der Waals surface area contributed by atoms with Crippen LogP contribution in [-0.2, 0) is 0 Å². The summed E-state index contributed by atoms with van der Waals surface area (Å²) in [4.78, 5) is 9.90. The van der Waals surface area contributed by atoms with Crippen LogP contribution in [0.15, 0.2) is 134 Å². The summed E-state index contributed by atoms with van der Waals surface area (Å²) in [6.07, 6.45) is 3.89. The third-order valence-electron chi connectivity index (χ3n) is 8.19. The van der Waals surface area contributed by atoms with E-state index in [0.717, 1.165) is 44.5 Å². The fraction of sp³-hybridized carbons (Fsp3) is 0. The molecule has 0 aliphatic heterocycles. The highest BCUT2D eigenvalue weighted by molar-refractivity contribution is 6.31. The minimum atomic E-state index is 0.902. The minimum absolute atomic E-state index is 0.902. The fourth-order valence-corrected chi connectivity index (χ4v) is 6.57. The molecular formula is C36H22N4. The van der Waals surface area contributed by atoms with Crippen LogP contribution in [0.4, 0.5) is 0 Å². The summed E-state index contributed by atoms with van der Waals surface area (Å²) in [6.45, 7) is 0. The molecule has 0 atom stereocenters. The molecule has 0 spiro atoms. The Hall–Kier alpha value is -5.48.